The van der Waals surface area contributed by atoms with Gasteiger partial charge in [-0.3, -0.25) is 15.1 Å². The van der Waals surface area contributed by atoms with Crippen molar-refractivity contribution in [1.82, 2.24) is 9.80 Å². The Labute approximate surface area is 218 Å². The quantitative estimate of drug-likeness (QED) is 0.435. The molecule has 0 aromatic heterocycles. The minimum absolute atomic E-state index is 0.0704. The molecule has 1 aromatic carbocycles. The Balaban J connectivity index is 2.06. The maximum atomic E-state index is 14.6. The summed E-state index contributed by atoms with van der Waals surface area (Å²) in [5.74, 6) is -2.26. The second kappa shape index (κ2) is 11.2. The van der Waals surface area contributed by atoms with Crippen LogP contribution < -0.4 is 5.73 Å². The van der Waals surface area contributed by atoms with Crippen LogP contribution in [0.2, 0.25) is 0 Å². The summed E-state index contributed by atoms with van der Waals surface area (Å²) in [5, 5.41) is 8.51. The number of hydrogen-bond donors (Lipinski definition) is 2. The second-order valence-electron chi connectivity index (χ2n) is 10.2. The van der Waals surface area contributed by atoms with E-state index in [0.29, 0.717) is 26.3 Å². The first-order valence-corrected chi connectivity index (χ1v) is 12.1. The first kappa shape index (κ1) is 29.3. The van der Waals surface area contributed by atoms with Gasteiger partial charge in [-0.1, -0.05) is 13.8 Å². The van der Waals surface area contributed by atoms with Gasteiger partial charge in [0.05, 0.1) is 25.0 Å². The Kier molecular flexibility index (Phi) is 8.67. The zero-order valence-electron chi connectivity index (χ0n) is 21.7. The van der Waals surface area contributed by atoms with Crippen LogP contribution in [0.15, 0.2) is 41.2 Å². The van der Waals surface area contributed by atoms with Gasteiger partial charge in [0.1, 0.15) is 17.1 Å². The zero-order valence-corrected chi connectivity index (χ0v) is 21.7. The molecule has 1 fully saturated rings. The number of nitrogens with two attached hydrogens (primary N) is 1. The van der Waals surface area contributed by atoms with Crippen molar-refractivity contribution < 1.29 is 36.6 Å². The number of rotatable bonds is 5. The lowest BCUT2D eigenvalue weighted by Gasteiger charge is -2.32. The van der Waals surface area contributed by atoms with Crippen LogP contribution in [0.5, 0.6) is 0 Å². The third-order valence-corrected chi connectivity index (χ3v) is 6.24. The number of ether oxygens (including phenoxy) is 2. The van der Waals surface area contributed by atoms with Gasteiger partial charge in [0.2, 0.25) is 0 Å². The molecule has 1 amide bonds. The molecule has 0 bridgehead atoms. The van der Waals surface area contributed by atoms with Crippen LogP contribution in [0.3, 0.4) is 0 Å². The number of allylic oxidation sites excluding steroid dienone is 1. The summed E-state index contributed by atoms with van der Waals surface area (Å²) >= 11 is 0. The number of hydrogen-bond acceptors (Lipinski definition) is 7. The van der Waals surface area contributed by atoms with E-state index >= 15 is 0 Å². The fourth-order valence-corrected chi connectivity index (χ4v) is 4.44. The number of nitrogens with one attached hydrogen (secondary N) is 1. The average Bonchev–Trinajstić information content (AvgIpc) is 2.92. The summed E-state index contributed by atoms with van der Waals surface area (Å²) in [6.45, 7) is 7.99. The summed E-state index contributed by atoms with van der Waals surface area (Å²) < 4.78 is 66.1. The molecule has 0 spiro atoms. The molecule has 0 saturated carbocycles. The normalized spacial score (nSPS) is 20.2. The minimum Gasteiger partial charge on any atom is -0.459 e. The van der Waals surface area contributed by atoms with Crippen molar-refractivity contribution >= 4 is 17.6 Å². The molecule has 0 radical (unpaired) electrons. The van der Waals surface area contributed by atoms with Gasteiger partial charge in [-0.15, -0.1) is 0 Å². The lowest BCUT2D eigenvalue weighted by atomic mass is 9.78. The number of amides is 1. The molecule has 0 aliphatic carbocycles. The van der Waals surface area contributed by atoms with Gasteiger partial charge in [-0.25, -0.2) is 9.18 Å². The molecule has 8 nitrogen and oxygen atoms in total. The molecule has 2 aliphatic rings. The first-order valence-electron chi connectivity index (χ1n) is 12.1. The lowest BCUT2D eigenvalue weighted by Crippen LogP contribution is -2.38. The summed E-state index contributed by atoms with van der Waals surface area (Å²) in [5.41, 5.74) is 0.831. The van der Waals surface area contributed by atoms with E-state index in [-0.39, 0.29) is 24.2 Å². The number of nitrogens with zero attached hydrogens (tertiary/aromatic N) is 2. The number of carbonyl (C=O) groups is 2. The molecule has 12 heteroatoms. The Hall–Kier alpha value is -3.25. The smallest absolute Gasteiger partial charge is 0.431 e. The van der Waals surface area contributed by atoms with E-state index < -0.39 is 57.9 Å². The maximum absolute atomic E-state index is 14.6. The van der Waals surface area contributed by atoms with E-state index in [4.69, 9.17) is 20.6 Å². The molecule has 208 valence electrons. The van der Waals surface area contributed by atoms with Gasteiger partial charge in [-0.2, -0.15) is 13.2 Å². The van der Waals surface area contributed by atoms with Crippen LogP contribution >= 0.6 is 0 Å². The fraction of sp³-hybridized carbons (Fsp3) is 0.500. The highest BCUT2D eigenvalue weighted by Gasteiger charge is 2.45. The Morgan fingerprint density at radius 1 is 1.21 bits per heavy atom. The van der Waals surface area contributed by atoms with Gasteiger partial charge < -0.3 is 20.1 Å². The number of halogens is 4. The van der Waals surface area contributed by atoms with Crippen LogP contribution in [-0.4, -0.2) is 72.5 Å². The Morgan fingerprint density at radius 3 is 2.42 bits per heavy atom. The lowest BCUT2D eigenvalue weighted by molar-refractivity contribution is -0.142. The Morgan fingerprint density at radius 2 is 1.84 bits per heavy atom. The highest BCUT2D eigenvalue weighted by Crippen LogP contribution is 2.39. The van der Waals surface area contributed by atoms with Crippen molar-refractivity contribution in [2.24, 2.45) is 11.1 Å². The van der Waals surface area contributed by atoms with Crippen molar-refractivity contribution in [3.8, 4) is 0 Å². The molecule has 3 N–H and O–H groups in total. The van der Waals surface area contributed by atoms with Gasteiger partial charge in [-0.05, 0) is 32.0 Å². The van der Waals surface area contributed by atoms with Crippen molar-refractivity contribution in [3.05, 3.63) is 58.2 Å². The fourth-order valence-electron chi connectivity index (χ4n) is 4.44. The standard InChI is InChI=1S/C26H32F4N4O4/c1-15(2)38-24(36)18-13-34(14-25(3,4)20(21(18)31)22(32)26(28,29)30)23(35)16-5-6-19(27)17(11-16)12-33-7-9-37-10-8-33/h5-6,11,13,15,31H,7-10,12,14,32H2,1-4H3. The van der Waals surface area contributed by atoms with Crippen molar-refractivity contribution in [2.45, 2.75) is 46.5 Å². The van der Waals surface area contributed by atoms with Gasteiger partial charge in [0.25, 0.3) is 5.91 Å². The van der Waals surface area contributed by atoms with Crippen molar-refractivity contribution in [3.63, 3.8) is 0 Å². The highest BCUT2D eigenvalue weighted by molar-refractivity contribution is 6.26. The largest absolute Gasteiger partial charge is 0.459 e. The van der Waals surface area contributed by atoms with Crippen LogP contribution in [0.1, 0.15) is 43.6 Å². The highest BCUT2D eigenvalue weighted by atomic mass is 19.4. The van der Waals surface area contributed by atoms with E-state index in [1.165, 1.54) is 26.0 Å². The van der Waals surface area contributed by atoms with Gasteiger partial charge in [0, 0.05) is 54.5 Å². The number of carbonyl (C=O) groups excluding carboxylic acids is 2. The summed E-state index contributed by atoms with van der Waals surface area (Å²) in [4.78, 5) is 29.5. The van der Waals surface area contributed by atoms with Crippen LogP contribution in [0.4, 0.5) is 17.6 Å². The predicted octanol–water partition coefficient (Wildman–Crippen LogP) is 3.77. The summed E-state index contributed by atoms with van der Waals surface area (Å²) in [6, 6.07) is 3.81. The Bertz CT molecular complexity index is 1170. The number of benzene rings is 1. The molecule has 2 heterocycles. The molecular formula is C26H32F4N4O4. The zero-order chi connectivity index (χ0) is 28.4. The van der Waals surface area contributed by atoms with Crippen molar-refractivity contribution in [1.29, 1.82) is 5.41 Å². The van der Waals surface area contributed by atoms with E-state index in [1.807, 2.05) is 4.90 Å². The van der Waals surface area contributed by atoms with Gasteiger partial charge in [0.15, 0.2) is 0 Å². The third-order valence-electron chi connectivity index (χ3n) is 6.24. The van der Waals surface area contributed by atoms with E-state index in [9.17, 15) is 27.2 Å². The molecule has 0 unspecified atom stereocenters. The molecule has 2 aliphatic heterocycles. The van der Waals surface area contributed by atoms with E-state index in [1.54, 1.807) is 13.8 Å². The topological polar surface area (TPSA) is 109 Å². The SMILES string of the molecule is CC(C)OC(=O)C1=CN(C(=O)c2ccc(F)c(CN3CCOCC3)c2)CC(C)(C)C(=C(N)C(F)(F)F)C1=N. The third kappa shape index (κ3) is 6.60. The molecule has 38 heavy (non-hydrogen) atoms. The van der Waals surface area contributed by atoms with Gasteiger partial charge >= 0.3 is 12.1 Å². The number of morpholine rings is 1. The van der Waals surface area contributed by atoms with Crippen LogP contribution in [-0.2, 0) is 20.8 Å². The molecule has 1 saturated heterocycles. The van der Waals surface area contributed by atoms with E-state index in [2.05, 4.69) is 0 Å². The average molecular weight is 541 g/mol. The predicted molar refractivity (Wildman–Crippen MR) is 132 cm³/mol. The summed E-state index contributed by atoms with van der Waals surface area (Å²) in [7, 11) is 0. The molecule has 1 aromatic rings. The number of alkyl halides is 3. The maximum Gasteiger partial charge on any atom is 0.431 e. The monoisotopic (exact) mass is 540 g/mol. The number of esters is 1. The molecular weight excluding hydrogens is 508 g/mol. The van der Waals surface area contributed by atoms with Crippen LogP contribution in [0.25, 0.3) is 0 Å². The summed E-state index contributed by atoms with van der Waals surface area (Å²) in [6.07, 6.45) is -4.60. The minimum atomic E-state index is -4.98. The van der Waals surface area contributed by atoms with Crippen LogP contribution in [0, 0.1) is 16.6 Å². The second-order valence-corrected chi connectivity index (χ2v) is 10.2. The first-order chi connectivity index (χ1) is 17.6. The van der Waals surface area contributed by atoms with Crippen molar-refractivity contribution in [2.75, 3.05) is 32.8 Å². The van der Waals surface area contributed by atoms with E-state index in [0.717, 1.165) is 17.2 Å². The molecule has 3 rings (SSSR count). The molecule has 0 atom stereocenters.